The summed E-state index contributed by atoms with van der Waals surface area (Å²) in [6.07, 6.45) is 0. The number of hydrogen-bond donors (Lipinski definition) is 2. The summed E-state index contributed by atoms with van der Waals surface area (Å²) in [5.41, 5.74) is 3.27. The molecule has 2 aromatic carbocycles. The van der Waals surface area contributed by atoms with E-state index in [1.165, 1.54) is 18.2 Å². The van der Waals surface area contributed by atoms with E-state index >= 15 is 0 Å². The number of hydrogen-bond acceptors (Lipinski definition) is 5. The number of ether oxygens (including phenoxy) is 1. The summed E-state index contributed by atoms with van der Waals surface area (Å²) in [7, 11) is -3.71. The van der Waals surface area contributed by atoms with Gasteiger partial charge in [0.25, 0.3) is 5.91 Å². The monoisotopic (exact) mass is 432 g/mol. The number of aryl methyl sites for hydroxylation is 2. The maximum atomic E-state index is 12.5. The van der Waals surface area contributed by atoms with Crippen LogP contribution >= 0.6 is 0 Å². The highest BCUT2D eigenvalue weighted by molar-refractivity contribution is 7.89. The van der Waals surface area contributed by atoms with Gasteiger partial charge >= 0.3 is 5.97 Å². The molecule has 0 saturated heterocycles. The Balaban J connectivity index is 2.12. The van der Waals surface area contributed by atoms with E-state index in [1.807, 2.05) is 39.0 Å². The molecule has 0 unspecified atom stereocenters. The van der Waals surface area contributed by atoms with Crippen LogP contribution in [0.2, 0.25) is 0 Å². The molecule has 0 spiro atoms. The van der Waals surface area contributed by atoms with E-state index in [1.54, 1.807) is 13.8 Å². The minimum atomic E-state index is -3.71. The quantitative estimate of drug-likeness (QED) is 0.622. The van der Waals surface area contributed by atoms with Crippen molar-refractivity contribution in [3.63, 3.8) is 0 Å². The maximum Gasteiger partial charge on any atom is 0.338 e. The van der Waals surface area contributed by atoms with Crippen molar-refractivity contribution in [2.45, 2.75) is 45.4 Å². The SMILES string of the molecule is CCNS(=O)(=O)c1ccc(C)c(C(=O)OCC(=O)Nc2c(C)cccc2C(C)C)c1. The lowest BCUT2D eigenvalue weighted by Crippen LogP contribution is -2.24. The van der Waals surface area contributed by atoms with Crippen molar-refractivity contribution in [3.05, 3.63) is 58.7 Å². The molecule has 30 heavy (non-hydrogen) atoms. The van der Waals surface area contributed by atoms with E-state index in [0.29, 0.717) is 11.3 Å². The van der Waals surface area contributed by atoms with Gasteiger partial charge in [-0.05, 0) is 48.6 Å². The third-order valence-electron chi connectivity index (χ3n) is 4.60. The Morgan fingerprint density at radius 3 is 2.40 bits per heavy atom. The molecule has 0 heterocycles. The van der Waals surface area contributed by atoms with Gasteiger partial charge in [-0.25, -0.2) is 17.9 Å². The summed E-state index contributed by atoms with van der Waals surface area (Å²) in [6, 6.07) is 9.97. The van der Waals surface area contributed by atoms with Crippen LogP contribution in [0, 0.1) is 13.8 Å². The molecule has 2 rings (SSSR count). The highest BCUT2D eigenvalue weighted by Crippen LogP contribution is 2.27. The predicted molar refractivity (Wildman–Crippen MR) is 116 cm³/mol. The van der Waals surface area contributed by atoms with Gasteiger partial charge in [0.1, 0.15) is 0 Å². The third kappa shape index (κ3) is 5.67. The maximum absolute atomic E-state index is 12.5. The number of para-hydroxylation sites is 1. The van der Waals surface area contributed by atoms with Crippen LogP contribution < -0.4 is 10.0 Å². The zero-order valence-electron chi connectivity index (χ0n) is 17.9. The van der Waals surface area contributed by atoms with E-state index in [9.17, 15) is 18.0 Å². The topological polar surface area (TPSA) is 102 Å². The first kappa shape index (κ1) is 23.6. The molecule has 162 valence electrons. The number of nitrogens with one attached hydrogen (secondary N) is 2. The molecule has 8 heteroatoms. The minimum absolute atomic E-state index is 0.0344. The van der Waals surface area contributed by atoms with Gasteiger partial charge in [0, 0.05) is 12.2 Å². The molecule has 0 aliphatic carbocycles. The minimum Gasteiger partial charge on any atom is -0.452 e. The average molecular weight is 433 g/mol. The number of amides is 1. The summed E-state index contributed by atoms with van der Waals surface area (Å²) in [5, 5.41) is 2.81. The summed E-state index contributed by atoms with van der Waals surface area (Å²) < 4.78 is 31.9. The fourth-order valence-electron chi connectivity index (χ4n) is 2.99. The average Bonchev–Trinajstić information content (AvgIpc) is 2.67. The van der Waals surface area contributed by atoms with E-state index < -0.39 is 28.5 Å². The second kappa shape index (κ2) is 9.86. The van der Waals surface area contributed by atoms with Crippen LogP contribution in [0.25, 0.3) is 0 Å². The van der Waals surface area contributed by atoms with Gasteiger partial charge in [0.05, 0.1) is 10.5 Å². The van der Waals surface area contributed by atoms with Crippen molar-refractivity contribution in [3.8, 4) is 0 Å². The molecule has 0 saturated carbocycles. The first-order chi connectivity index (χ1) is 14.1. The number of carbonyl (C=O) groups excluding carboxylic acids is 2. The van der Waals surface area contributed by atoms with Crippen LogP contribution in [0.5, 0.6) is 0 Å². The summed E-state index contributed by atoms with van der Waals surface area (Å²) in [6.45, 7) is 9.04. The van der Waals surface area contributed by atoms with E-state index in [4.69, 9.17) is 4.74 Å². The number of rotatable bonds is 8. The zero-order valence-corrected chi connectivity index (χ0v) is 18.7. The lowest BCUT2D eigenvalue weighted by molar-refractivity contribution is -0.119. The van der Waals surface area contributed by atoms with E-state index in [0.717, 1.165) is 11.1 Å². The summed E-state index contributed by atoms with van der Waals surface area (Å²) in [4.78, 5) is 24.8. The Labute approximate surface area is 177 Å². The third-order valence-corrected chi connectivity index (χ3v) is 6.14. The lowest BCUT2D eigenvalue weighted by Gasteiger charge is -2.16. The number of anilines is 1. The first-order valence-electron chi connectivity index (χ1n) is 9.73. The lowest BCUT2D eigenvalue weighted by atomic mass is 9.98. The van der Waals surface area contributed by atoms with Crippen LogP contribution in [-0.2, 0) is 19.6 Å². The Kier molecular flexibility index (Phi) is 7.75. The highest BCUT2D eigenvalue weighted by atomic mass is 32.2. The highest BCUT2D eigenvalue weighted by Gasteiger charge is 2.19. The van der Waals surface area contributed by atoms with Crippen molar-refractivity contribution in [1.29, 1.82) is 0 Å². The van der Waals surface area contributed by atoms with Crippen LogP contribution in [0.1, 0.15) is 53.7 Å². The van der Waals surface area contributed by atoms with E-state index in [2.05, 4.69) is 10.0 Å². The fraction of sp³-hybridized carbons (Fsp3) is 0.364. The summed E-state index contributed by atoms with van der Waals surface area (Å²) >= 11 is 0. The first-order valence-corrected chi connectivity index (χ1v) is 11.2. The van der Waals surface area contributed by atoms with Gasteiger partial charge in [0.2, 0.25) is 10.0 Å². The van der Waals surface area contributed by atoms with Crippen molar-refractivity contribution in [2.24, 2.45) is 0 Å². The number of carbonyl (C=O) groups is 2. The molecule has 0 bridgehead atoms. The molecule has 0 fully saturated rings. The van der Waals surface area contributed by atoms with Crippen LogP contribution in [0.3, 0.4) is 0 Å². The number of benzene rings is 2. The molecule has 2 N–H and O–H groups in total. The molecular weight excluding hydrogens is 404 g/mol. The smallest absolute Gasteiger partial charge is 0.338 e. The number of esters is 1. The summed E-state index contributed by atoms with van der Waals surface area (Å²) in [5.74, 6) is -1.01. The van der Waals surface area contributed by atoms with Crippen molar-refractivity contribution in [1.82, 2.24) is 4.72 Å². The van der Waals surface area contributed by atoms with Crippen LogP contribution in [0.4, 0.5) is 5.69 Å². The van der Waals surface area contributed by atoms with Crippen LogP contribution in [0.15, 0.2) is 41.3 Å². The normalized spacial score (nSPS) is 11.4. The molecular formula is C22H28N2O5S. The standard InChI is InChI=1S/C22H28N2O5S/c1-6-23-30(27,28)17-11-10-15(4)19(12-17)22(26)29-13-20(25)24-21-16(5)8-7-9-18(21)14(2)3/h7-12,14,23H,6,13H2,1-5H3,(H,24,25). The van der Waals surface area contributed by atoms with Crippen molar-refractivity contribution in [2.75, 3.05) is 18.5 Å². The van der Waals surface area contributed by atoms with Gasteiger partial charge in [-0.3, -0.25) is 4.79 Å². The van der Waals surface area contributed by atoms with Gasteiger partial charge < -0.3 is 10.1 Å². The Morgan fingerprint density at radius 1 is 1.07 bits per heavy atom. The van der Waals surface area contributed by atoms with Gasteiger partial charge in [-0.2, -0.15) is 0 Å². The molecule has 0 atom stereocenters. The molecule has 0 aromatic heterocycles. The number of sulfonamides is 1. The molecule has 0 radical (unpaired) electrons. The molecule has 2 aromatic rings. The Hall–Kier alpha value is -2.71. The van der Waals surface area contributed by atoms with Gasteiger partial charge in [-0.15, -0.1) is 0 Å². The van der Waals surface area contributed by atoms with Crippen LogP contribution in [-0.4, -0.2) is 33.4 Å². The molecule has 1 amide bonds. The van der Waals surface area contributed by atoms with Crippen molar-refractivity contribution >= 4 is 27.6 Å². The van der Waals surface area contributed by atoms with Gasteiger partial charge in [-0.1, -0.05) is 45.0 Å². The van der Waals surface area contributed by atoms with E-state index in [-0.39, 0.29) is 22.9 Å². The zero-order chi connectivity index (χ0) is 22.5. The van der Waals surface area contributed by atoms with Gasteiger partial charge in [0.15, 0.2) is 6.61 Å². The van der Waals surface area contributed by atoms with Crippen molar-refractivity contribution < 1.29 is 22.7 Å². The second-order valence-electron chi connectivity index (χ2n) is 7.30. The largest absolute Gasteiger partial charge is 0.452 e. The second-order valence-corrected chi connectivity index (χ2v) is 9.06. The molecule has 7 nitrogen and oxygen atoms in total. The Morgan fingerprint density at radius 2 is 1.77 bits per heavy atom. The molecule has 0 aliphatic heterocycles. The Bertz CT molecular complexity index is 1050. The molecule has 0 aliphatic rings. The fourth-order valence-corrected chi connectivity index (χ4v) is 4.06. The predicted octanol–water partition coefficient (Wildman–Crippen LogP) is 3.52.